The molecular formula is C7H18N2O2. The van der Waals surface area contributed by atoms with E-state index in [1.54, 1.807) is 0 Å². The predicted octanol–water partition coefficient (Wildman–Crippen LogP) is -0.107. The number of ether oxygens (including phenoxy) is 1. The highest BCUT2D eigenvalue weighted by Crippen LogP contribution is 1.77. The molecule has 0 fully saturated rings. The Morgan fingerprint density at radius 1 is 1.27 bits per heavy atom. The molecule has 0 aliphatic rings. The van der Waals surface area contributed by atoms with Gasteiger partial charge in [0.15, 0.2) is 0 Å². The Labute approximate surface area is 68.0 Å². The van der Waals surface area contributed by atoms with Crippen LogP contribution in [-0.4, -0.2) is 32.9 Å². The van der Waals surface area contributed by atoms with Crippen LogP contribution in [0.3, 0.4) is 0 Å². The fourth-order valence-electron chi connectivity index (χ4n) is 0.563. The van der Waals surface area contributed by atoms with Gasteiger partial charge in [0.25, 0.3) is 0 Å². The predicted molar refractivity (Wildman–Crippen MR) is 44.1 cm³/mol. The molecule has 11 heavy (non-hydrogen) atoms. The van der Waals surface area contributed by atoms with Crippen molar-refractivity contribution < 1.29 is 9.57 Å². The Morgan fingerprint density at radius 2 is 2.09 bits per heavy atom. The van der Waals surface area contributed by atoms with Gasteiger partial charge in [0.1, 0.15) is 0 Å². The van der Waals surface area contributed by atoms with Gasteiger partial charge in [0.05, 0.1) is 13.2 Å². The fraction of sp³-hybridized carbons (Fsp3) is 1.00. The maximum atomic E-state index is 5.19. The van der Waals surface area contributed by atoms with Gasteiger partial charge in [-0.2, -0.15) is 0 Å². The van der Waals surface area contributed by atoms with E-state index in [4.69, 9.17) is 15.3 Å². The van der Waals surface area contributed by atoms with Crippen LogP contribution in [0.25, 0.3) is 0 Å². The topological polar surface area (TPSA) is 56.5 Å². The summed E-state index contributed by atoms with van der Waals surface area (Å²) >= 11 is 0. The summed E-state index contributed by atoms with van der Waals surface area (Å²) in [4.78, 5) is 4.91. The van der Waals surface area contributed by atoms with Crippen molar-refractivity contribution in [2.24, 2.45) is 5.73 Å². The molecule has 0 saturated heterocycles. The standard InChI is InChI=1S/C7H18N2O2/c1-2-5-10-7-4-9-11-6-3-8/h9H,2-8H2,1H3. The number of hydroxylamine groups is 1. The molecule has 0 atom stereocenters. The van der Waals surface area contributed by atoms with Crippen molar-refractivity contribution in [3.05, 3.63) is 0 Å². The Balaban J connectivity index is 2.69. The molecule has 0 aromatic heterocycles. The lowest BCUT2D eigenvalue weighted by Gasteiger charge is -2.04. The molecule has 0 amide bonds. The average Bonchev–Trinajstić information content (AvgIpc) is 2.03. The van der Waals surface area contributed by atoms with Crippen molar-refractivity contribution in [3.8, 4) is 0 Å². The van der Waals surface area contributed by atoms with E-state index in [1.807, 2.05) is 0 Å². The lowest BCUT2D eigenvalue weighted by Crippen LogP contribution is -2.23. The van der Waals surface area contributed by atoms with Crippen LogP contribution in [0.5, 0.6) is 0 Å². The maximum Gasteiger partial charge on any atom is 0.0804 e. The van der Waals surface area contributed by atoms with Gasteiger partial charge in [0.2, 0.25) is 0 Å². The summed E-state index contributed by atoms with van der Waals surface area (Å²) in [7, 11) is 0. The maximum absolute atomic E-state index is 5.19. The third-order valence-corrected chi connectivity index (χ3v) is 1.02. The molecule has 0 rings (SSSR count). The lowest BCUT2D eigenvalue weighted by molar-refractivity contribution is 0.0247. The number of hydrogen-bond acceptors (Lipinski definition) is 4. The van der Waals surface area contributed by atoms with E-state index >= 15 is 0 Å². The molecule has 4 heteroatoms. The van der Waals surface area contributed by atoms with Crippen LogP contribution < -0.4 is 11.2 Å². The second-order valence-corrected chi connectivity index (χ2v) is 2.14. The van der Waals surface area contributed by atoms with E-state index in [0.29, 0.717) is 19.8 Å². The summed E-state index contributed by atoms with van der Waals surface area (Å²) in [5.41, 5.74) is 7.93. The molecule has 0 aliphatic heterocycles. The summed E-state index contributed by atoms with van der Waals surface area (Å²) in [5.74, 6) is 0. The van der Waals surface area contributed by atoms with Crippen LogP contribution in [0.4, 0.5) is 0 Å². The molecule has 0 aliphatic carbocycles. The number of hydrogen-bond donors (Lipinski definition) is 2. The van der Waals surface area contributed by atoms with Gasteiger partial charge in [-0.05, 0) is 6.42 Å². The molecule has 0 bridgehead atoms. The Bertz CT molecular complexity index is 63.5. The third-order valence-electron chi connectivity index (χ3n) is 1.02. The van der Waals surface area contributed by atoms with Crippen molar-refractivity contribution in [3.63, 3.8) is 0 Å². The first kappa shape index (κ1) is 10.8. The van der Waals surface area contributed by atoms with Gasteiger partial charge in [-0.1, -0.05) is 6.92 Å². The summed E-state index contributed by atoms with van der Waals surface area (Å²) < 4.78 is 5.19. The number of nitrogens with two attached hydrogens (primary N) is 1. The molecule has 4 nitrogen and oxygen atoms in total. The van der Waals surface area contributed by atoms with Gasteiger partial charge in [-0.25, -0.2) is 5.48 Å². The SMILES string of the molecule is CCCOCCNOCCN. The average molecular weight is 162 g/mol. The van der Waals surface area contributed by atoms with Crippen LogP contribution in [0.15, 0.2) is 0 Å². The quantitative estimate of drug-likeness (QED) is 0.386. The van der Waals surface area contributed by atoms with Crippen LogP contribution in [-0.2, 0) is 9.57 Å². The van der Waals surface area contributed by atoms with Gasteiger partial charge < -0.3 is 15.3 Å². The van der Waals surface area contributed by atoms with E-state index in [1.165, 1.54) is 0 Å². The first-order valence-electron chi connectivity index (χ1n) is 4.04. The monoisotopic (exact) mass is 162 g/mol. The summed E-state index contributed by atoms with van der Waals surface area (Å²) in [6, 6.07) is 0. The molecule has 0 aromatic rings. The van der Waals surface area contributed by atoms with Crippen molar-refractivity contribution in [1.82, 2.24) is 5.48 Å². The Morgan fingerprint density at radius 3 is 2.73 bits per heavy atom. The summed E-state index contributed by atoms with van der Waals surface area (Å²) in [6.45, 7) is 5.41. The van der Waals surface area contributed by atoms with Gasteiger partial charge >= 0.3 is 0 Å². The lowest BCUT2D eigenvalue weighted by atomic mass is 10.5. The second-order valence-electron chi connectivity index (χ2n) is 2.14. The first-order valence-corrected chi connectivity index (χ1v) is 4.04. The van der Waals surface area contributed by atoms with Crippen molar-refractivity contribution in [2.75, 3.05) is 32.9 Å². The Kier molecular flexibility index (Phi) is 9.70. The van der Waals surface area contributed by atoms with E-state index < -0.39 is 0 Å². The normalized spacial score (nSPS) is 10.4. The van der Waals surface area contributed by atoms with Crippen molar-refractivity contribution in [1.29, 1.82) is 0 Å². The zero-order valence-electron chi connectivity index (χ0n) is 7.14. The molecule has 0 saturated carbocycles. The van der Waals surface area contributed by atoms with E-state index in [2.05, 4.69) is 12.4 Å². The molecule has 68 valence electrons. The molecule has 0 spiro atoms. The smallest absolute Gasteiger partial charge is 0.0804 e. The highest BCUT2D eigenvalue weighted by atomic mass is 16.6. The molecule has 3 N–H and O–H groups in total. The zero-order chi connectivity index (χ0) is 8.36. The number of nitrogens with one attached hydrogen (secondary N) is 1. The molecular weight excluding hydrogens is 144 g/mol. The van der Waals surface area contributed by atoms with Gasteiger partial charge in [0, 0.05) is 19.7 Å². The van der Waals surface area contributed by atoms with Crippen molar-refractivity contribution in [2.45, 2.75) is 13.3 Å². The minimum Gasteiger partial charge on any atom is -0.380 e. The molecule has 0 heterocycles. The van der Waals surface area contributed by atoms with Crippen LogP contribution in [0, 0.1) is 0 Å². The summed E-state index contributed by atoms with van der Waals surface area (Å²) in [6.07, 6.45) is 1.06. The van der Waals surface area contributed by atoms with E-state index in [-0.39, 0.29) is 0 Å². The van der Waals surface area contributed by atoms with Crippen LogP contribution >= 0.6 is 0 Å². The van der Waals surface area contributed by atoms with Crippen molar-refractivity contribution >= 4 is 0 Å². The minimum atomic E-state index is 0.544. The minimum absolute atomic E-state index is 0.544. The van der Waals surface area contributed by atoms with Gasteiger partial charge in [-0.3, -0.25) is 0 Å². The van der Waals surface area contributed by atoms with E-state index in [0.717, 1.165) is 19.6 Å². The highest BCUT2D eigenvalue weighted by molar-refractivity contribution is 4.33. The zero-order valence-corrected chi connectivity index (χ0v) is 7.14. The largest absolute Gasteiger partial charge is 0.380 e. The number of rotatable bonds is 8. The van der Waals surface area contributed by atoms with E-state index in [9.17, 15) is 0 Å². The highest BCUT2D eigenvalue weighted by Gasteiger charge is 1.86. The molecule has 0 radical (unpaired) electrons. The molecule has 0 aromatic carbocycles. The third kappa shape index (κ3) is 9.84. The summed E-state index contributed by atoms with van der Waals surface area (Å²) in [5, 5.41) is 0. The molecule has 0 unspecified atom stereocenters. The van der Waals surface area contributed by atoms with Gasteiger partial charge in [-0.15, -0.1) is 0 Å². The van der Waals surface area contributed by atoms with Crippen LogP contribution in [0.2, 0.25) is 0 Å². The first-order chi connectivity index (χ1) is 5.41. The fourth-order valence-corrected chi connectivity index (χ4v) is 0.563. The second kappa shape index (κ2) is 9.84. The Hall–Kier alpha value is -0.160. The van der Waals surface area contributed by atoms with Crippen LogP contribution in [0.1, 0.15) is 13.3 Å².